The van der Waals surface area contributed by atoms with Crippen molar-refractivity contribution < 1.29 is 18.7 Å². The molecule has 0 radical (unpaired) electrons. The number of nitrogens with one attached hydrogen (secondary N) is 2. The van der Waals surface area contributed by atoms with Crippen molar-refractivity contribution in [3.05, 3.63) is 99.1 Å². The van der Waals surface area contributed by atoms with E-state index in [1.165, 1.54) is 18.4 Å². The Kier molecular flexibility index (Phi) is 5.98. The number of furan rings is 1. The third kappa shape index (κ3) is 4.51. The summed E-state index contributed by atoms with van der Waals surface area (Å²) in [5.41, 5.74) is 0.392. The topological polar surface area (TPSA) is 123 Å². The molecule has 4 aromatic rings. The first-order valence-electron chi connectivity index (χ1n) is 9.87. The summed E-state index contributed by atoms with van der Waals surface area (Å²) in [5, 5.41) is 3.07. The molecule has 0 saturated carbocycles. The summed E-state index contributed by atoms with van der Waals surface area (Å²) in [4.78, 5) is 51.5. The second-order valence-electron chi connectivity index (χ2n) is 6.93. The SMILES string of the molecule is O=C(OCCCn1c(=O)[nH]c2ccccc2c1=O)c1ccc(NC(=O)c2ccco2)cc1. The molecule has 0 fully saturated rings. The highest BCUT2D eigenvalue weighted by Crippen LogP contribution is 2.13. The van der Waals surface area contributed by atoms with Crippen LogP contribution in [0, 0.1) is 0 Å². The first-order valence-corrected chi connectivity index (χ1v) is 9.87. The van der Waals surface area contributed by atoms with Crippen LogP contribution < -0.4 is 16.6 Å². The Morgan fingerprint density at radius 1 is 1.00 bits per heavy atom. The van der Waals surface area contributed by atoms with Gasteiger partial charge in [-0.15, -0.1) is 0 Å². The molecule has 0 bridgehead atoms. The van der Waals surface area contributed by atoms with Gasteiger partial charge in [-0.2, -0.15) is 0 Å². The van der Waals surface area contributed by atoms with Crippen molar-refractivity contribution in [3.8, 4) is 0 Å². The summed E-state index contributed by atoms with van der Waals surface area (Å²) in [6, 6.07) is 16.1. The normalized spacial score (nSPS) is 10.8. The van der Waals surface area contributed by atoms with Crippen LogP contribution in [-0.2, 0) is 11.3 Å². The van der Waals surface area contributed by atoms with E-state index in [9.17, 15) is 19.2 Å². The van der Waals surface area contributed by atoms with Crippen LogP contribution >= 0.6 is 0 Å². The van der Waals surface area contributed by atoms with Gasteiger partial charge in [0, 0.05) is 12.2 Å². The summed E-state index contributed by atoms with van der Waals surface area (Å²) >= 11 is 0. The zero-order valence-electron chi connectivity index (χ0n) is 16.9. The molecule has 9 heteroatoms. The van der Waals surface area contributed by atoms with Gasteiger partial charge in [-0.1, -0.05) is 12.1 Å². The molecule has 0 atom stereocenters. The zero-order chi connectivity index (χ0) is 22.5. The van der Waals surface area contributed by atoms with Crippen LogP contribution in [0.15, 0.2) is 80.9 Å². The maximum Gasteiger partial charge on any atom is 0.338 e. The standard InChI is InChI=1S/C23H19N3O6/c27-20(19-7-3-13-31-19)24-16-10-8-15(9-11-16)22(29)32-14-4-12-26-21(28)17-5-1-2-6-18(17)25-23(26)30/h1-3,5-11,13H,4,12,14H2,(H,24,27)(H,25,30). The molecule has 0 aliphatic rings. The van der Waals surface area contributed by atoms with Gasteiger partial charge in [0.2, 0.25) is 0 Å². The molecule has 0 aliphatic carbocycles. The van der Waals surface area contributed by atoms with Gasteiger partial charge in [0.05, 0.1) is 29.3 Å². The summed E-state index contributed by atoms with van der Waals surface area (Å²) in [5.74, 6) is -0.768. The molecule has 0 aliphatic heterocycles. The average Bonchev–Trinajstić information content (AvgIpc) is 3.34. The van der Waals surface area contributed by atoms with E-state index in [2.05, 4.69) is 10.3 Å². The fourth-order valence-corrected chi connectivity index (χ4v) is 3.16. The molecule has 4 rings (SSSR count). The molecule has 2 aromatic heterocycles. The molecule has 2 heterocycles. The zero-order valence-corrected chi connectivity index (χ0v) is 16.9. The lowest BCUT2D eigenvalue weighted by Crippen LogP contribution is -2.35. The molecule has 0 unspecified atom stereocenters. The predicted octanol–water partition coefficient (Wildman–Crippen LogP) is 2.78. The number of fused-ring (bicyclic) bond motifs is 1. The maximum absolute atomic E-state index is 12.5. The number of nitrogens with zero attached hydrogens (tertiary/aromatic N) is 1. The fourth-order valence-electron chi connectivity index (χ4n) is 3.16. The van der Waals surface area contributed by atoms with Crippen molar-refractivity contribution in [1.82, 2.24) is 9.55 Å². The predicted molar refractivity (Wildman–Crippen MR) is 117 cm³/mol. The minimum atomic E-state index is -0.548. The monoisotopic (exact) mass is 433 g/mol. The van der Waals surface area contributed by atoms with Crippen LogP contribution in [0.5, 0.6) is 0 Å². The fraction of sp³-hybridized carbons (Fsp3) is 0.130. The van der Waals surface area contributed by atoms with Crippen molar-refractivity contribution >= 4 is 28.5 Å². The Morgan fingerprint density at radius 2 is 1.78 bits per heavy atom. The molecule has 0 spiro atoms. The molecule has 0 saturated heterocycles. The van der Waals surface area contributed by atoms with Crippen molar-refractivity contribution in [2.45, 2.75) is 13.0 Å². The maximum atomic E-state index is 12.5. The van der Waals surface area contributed by atoms with Crippen molar-refractivity contribution in [1.29, 1.82) is 0 Å². The number of H-pyrrole nitrogens is 1. The number of aromatic nitrogens is 2. The van der Waals surface area contributed by atoms with E-state index in [1.54, 1.807) is 48.5 Å². The second-order valence-corrected chi connectivity index (χ2v) is 6.93. The Labute approximate surface area is 181 Å². The molecule has 2 N–H and O–H groups in total. The third-order valence-electron chi connectivity index (χ3n) is 4.77. The quantitative estimate of drug-likeness (QED) is 0.341. The van der Waals surface area contributed by atoms with E-state index >= 15 is 0 Å². The lowest BCUT2D eigenvalue weighted by atomic mass is 10.2. The highest BCUT2D eigenvalue weighted by Gasteiger charge is 2.11. The number of rotatable bonds is 7. The van der Waals surface area contributed by atoms with Crippen LogP contribution in [0.1, 0.15) is 27.3 Å². The van der Waals surface area contributed by atoms with Gasteiger partial charge in [-0.05, 0) is 55.0 Å². The Balaban J connectivity index is 1.31. The Hall–Kier alpha value is -4.40. The van der Waals surface area contributed by atoms with E-state index in [0.717, 1.165) is 4.57 Å². The number of para-hydroxylation sites is 1. The van der Waals surface area contributed by atoms with Crippen LogP contribution in [0.2, 0.25) is 0 Å². The lowest BCUT2D eigenvalue weighted by molar-refractivity contribution is 0.0495. The molecule has 9 nitrogen and oxygen atoms in total. The first kappa shape index (κ1) is 20.9. The highest BCUT2D eigenvalue weighted by molar-refractivity contribution is 6.02. The number of hydrogen-bond acceptors (Lipinski definition) is 6. The number of ether oxygens (including phenoxy) is 1. The Bertz CT molecular complexity index is 1370. The van der Waals surface area contributed by atoms with Crippen molar-refractivity contribution in [3.63, 3.8) is 0 Å². The van der Waals surface area contributed by atoms with Crippen molar-refractivity contribution in [2.24, 2.45) is 0 Å². The van der Waals surface area contributed by atoms with Gasteiger partial charge < -0.3 is 19.5 Å². The van der Waals surface area contributed by atoms with E-state index < -0.39 is 17.6 Å². The number of benzene rings is 2. The van der Waals surface area contributed by atoms with Crippen LogP contribution in [0.4, 0.5) is 5.69 Å². The van der Waals surface area contributed by atoms with Crippen LogP contribution in [0.25, 0.3) is 10.9 Å². The number of hydrogen-bond donors (Lipinski definition) is 2. The molecule has 32 heavy (non-hydrogen) atoms. The molecule has 1 amide bonds. The summed E-state index contributed by atoms with van der Waals surface area (Å²) in [6.45, 7) is 0.151. The highest BCUT2D eigenvalue weighted by atomic mass is 16.5. The number of carbonyl (C=O) groups is 2. The van der Waals surface area contributed by atoms with Gasteiger partial charge in [0.1, 0.15) is 0 Å². The number of aromatic amines is 1. The largest absolute Gasteiger partial charge is 0.462 e. The van der Waals surface area contributed by atoms with Gasteiger partial charge in [-0.3, -0.25) is 14.2 Å². The summed E-state index contributed by atoms with van der Waals surface area (Å²) < 4.78 is 11.3. The molecular formula is C23H19N3O6. The lowest BCUT2D eigenvalue weighted by Gasteiger charge is -2.08. The second kappa shape index (κ2) is 9.17. The number of anilines is 1. The first-order chi connectivity index (χ1) is 15.5. The minimum absolute atomic E-state index is 0.0362. The van der Waals surface area contributed by atoms with Crippen molar-refractivity contribution in [2.75, 3.05) is 11.9 Å². The minimum Gasteiger partial charge on any atom is -0.462 e. The van der Waals surface area contributed by atoms with E-state index in [1.807, 2.05) is 0 Å². The smallest absolute Gasteiger partial charge is 0.338 e. The Morgan fingerprint density at radius 3 is 2.53 bits per heavy atom. The van der Waals surface area contributed by atoms with Gasteiger partial charge in [-0.25, -0.2) is 9.59 Å². The van der Waals surface area contributed by atoms with E-state index in [-0.39, 0.29) is 24.5 Å². The number of esters is 1. The van der Waals surface area contributed by atoms with Gasteiger partial charge >= 0.3 is 11.7 Å². The average molecular weight is 433 g/mol. The van der Waals surface area contributed by atoms with Gasteiger partial charge in [0.25, 0.3) is 11.5 Å². The summed E-state index contributed by atoms with van der Waals surface area (Å²) in [7, 11) is 0. The molecule has 162 valence electrons. The van der Waals surface area contributed by atoms with Crippen LogP contribution in [-0.4, -0.2) is 28.0 Å². The number of carbonyl (C=O) groups excluding carboxylic acids is 2. The molecule has 2 aromatic carbocycles. The molecular weight excluding hydrogens is 414 g/mol. The third-order valence-corrected chi connectivity index (χ3v) is 4.77. The van der Waals surface area contributed by atoms with E-state index in [0.29, 0.717) is 28.6 Å². The number of amides is 1. The van der Waals surface area contributed by atoms with E-state index in [4.69, 9.17) is 9.15 Å². The van der Waals surface area contributed by atoms with Crippen LogP contribution in [0.3, 0.4) is 0 Å². The summed E-state index contributed by atoms with van der Waals surface area (Å²) in [6.07, 6.45) is 1.70. The van der Waals surface area contributed by atoms with Gasteiger partial charge in [0.15, 0.2) is 5.76 Å².